The molecule has 1 aliphatic carbocycles. The Morgan fingerprint density at radius 2 is 2.17 bits per heavy atom. The zero-order valence-corrected chi connectivity index (χ0v) is 11.3. The molecule has 0 aromatic carbocycles. The molecular weight excluding hydrogens is 228 g/mol. The lowest BCUT2D eigenvalue weighted by Crippen LogP contribution is -2.11. The van der Waals surface area contributed by atoms with Gasteiger partial charge in [-0.1, -0.05) is 31.8 Å². The van der Waals surface area contributed by atoms with Crippen molar-refractivity contribution in [2.24, 2.45) is 5.92 Å². The van der Waals surface area contributed by atoms with Gasteiger partial charge >= 0.3 is 0 Å². The van der Waals surface area contributed by atoms with E-state index in [0.29, 0.717) is 18.2 Å². The Kier molecular flexibility index (Phi) is 4.50. The van der Waals surface area contributed by atoms with Crippen LogP contribution in [-0.4, -0.2) is 15.9 Å². The van der Waals surface area contributed by atoms with Crippen LogP contribution in [0.3, 0.4) is 0 Å². The summed E-state index contributed by atoms with van der Waals surface area (Å²) in [6.07, 6.45) is 6.64. The molecule has 1 unspecified atom stereocenters. The first-order valence-electron chi connectivity index (χ1n) is 7.02. The van der Waals surface area contributed by atoms with Crippen molar-refractivity contribution in [3.8, 4) is 0 Å². The van der Waals surface area contributed by atoms with Crippen LogP contribution < -0.4 is 0 Å². The summed E-state index contributed by atoms with van der Waals surface area (Å²) in [4.78, 5) is 16.4. The van der Waals surface area contributed by atoms with Crippen LogP contribution >= 0.6 is 0 Å². The highest BCUT2D eigenvalue weighted by molar-refractivity contribution is 5.84. The first kappa shape index (κ1) is 13.2. The van der Waals surface area contributed by atoms with E-state index in [-0.39, 0.29) is 11.7 Å². The lowest BCUT2D eigenvalue weighted by Gasteiger charge is -2.06. The molecule has 0 N–H and O–H groups in total. The second-order valence-corrected chi connectivity index (χ2v) is 5.60. The summed E-state index contributed by atoms with van der Waals surface area (Å²) in [5.74, 6) is 2.04. The number of carbonyl (C=O) groups excluding carboxylic acids is 1. The fourth-order valence-corrected chi connectivity index (χ4v) is 2.35. The van der Waals surface area contributed by atoms with Crippen molar-refractivity contribution in [3.63, 3.8) is 0 Å². The molecule has 100 valence electrons. The predicted octanol–water partition coefficient (Wildman–Crippen LogP) is 3.28. The van der Waals surface area contributed by atoms with Gasteiger partial charge in [0.05, 0.1) is 5.92 Å². The van der Waals surface area contributed by atoms with Crippen LogP contribution in [-0.2, 0) is 11.2 Å². The van der Waals surface area contributed by atoms with Crippen LogP contribution in [0.2, 0.25) is 0 Å². The van der Waals surface area contributed by atoms with E-state index in [2.05, 4.69) is 24.0 Å². The molecule has 0 bridgehead atoms. The third-order valence-electron chi connectivity index (χ3n) is 3.53. The molecule has 0 saturated heterocycles. The lowest BCUT2D eigenvalue weighted by atomic mass is 9.99. The molecule has 1 aromatic heterocycles. The number of nitrogens with zero attached hydrogens (tertiary/aromatic N) is 2. The van der Waals surface area contributed by atoms with Gasteiger partial charge < -0.3 is 4.52 Å². The molecule has 4 heteroatoms. The van der Waals surface area contributed by atoms with E-state index in [1.165, 1.54) is 0 Å². The van der Waals surface area contributed by atoms with Crippen molar-refractivity contribution >= 4 is 5.78 Å². The number of rotatable bonds is 4. The van der Waals surface area contributed by atoms with E-state index in [9.17, 15) is 4.79 Å². The first-order chi connectivity index (χ1) is 8.66. The van der Waals surface area contributed by atoms with Gasteiger partial charge in [-0.25, -0.2) is 0 Å². The molecule has 18 heavy (non-hydrogen) atoms. The third kappa shape index (κ3) is 3.40. The summed E-state index contributed by atoms with van der Waals surface area (Å²) in [6.45, 7) is 4.35. The van der Waals surface area contributed by atoms with Gasteiger partial charge in [-0.3, -0.25) is 4.79 Å². The van der Waals surface area contributed by atoms with Crippen LogP contribution in [0, 0.1) is 5.92 Å². The molecule has 1 saturated carbocycles. The molecule has 0 aliphatic heterocycles. The fourth-order valence-electron chi connectivity index (χ4n) is 2.35. The highest BCUT2D eigenvalue weighted by atomic mass is 16.5. The molecule has 4 nitrogen and oxygen atoms in total. The van der Waals surface area contributed by atoms with E-state index >= 15 is 0 Å². The molecule has 1 fully saturated rings. The van der Waals surface area contributed by atoms with Gasteiger partial charge in [-0.05, 0) is 25.2 Å². The molecular formula is C14H22N2O2. The molecule has 1 atom stereocenters. The van der Waals surface area contributed by atoms with Crippen molar-refractivity contribution in [2.45, 2.75) is 64.7 Å². The molecule has 0 spiro atoms. The SMILES string of the molecule is CC(C)CCc1noc(C2CCCCCC2=O)n1. The molecule has 0 amide bonds. The minimum Gasteiger partial charge on any atom is -0.339 e. The Morgan fingerprint density at radius 1 is 1.33 bits per heavy atom. The predicted molar refractivity (Wildman–Crippen MR) is 68.3 cm³/mol. The normalized spacial score (nSPS) is 21.3. The van der Waals surface area contributed by atoms with Crippen molar-refractivity contribution in [1.29, 1.82) is 0 Å². The second-order valence-electron chi connectivity index (χ2n) is 5.60. The third-order valence-corrected chi connectivity index (χ3v) is 3.53. The Bertz CT molecular complexity index is 398. The zero-order chi connectivity index (χ0) is 13.0. The molecule has 1 aliphatic rings. The summed E-state index contributed by atoms with van der Waals surface area (Å²) in [6, 6.07) is 0. The monoisotopic (exact) mass is 250 g/mol. The van der Waals surface area contributed by atoms with Gasteiger partial charge in [0.1, 0.15) is 5.78 Å². The van der Waals surface area contributed by atoms with E-state index in [4.69, 9.17) is 4.52 Å². The number of hydrogen-bond donors (Lipinski definition) is 0. The molecule has 1 aromatic rings. The van der Waals surface area contributed by atoms with Crippen molar-refractivity contribution in [3.05, 3.63) is 11.7 Å². The second kappa shape index (κ2) is 6.12. The number of Topliss-reactive ketones (excluding diaryl/α,β-unsaturated/α-hetero) is 1. The number of ketones is 1. The topological polar surface area (TPSA) is 56.0 Å². The summed E-state index contributed by atoms with van der Waals surface area (Å²) in [5, 5.41) is 3.99. The lowest BCUT2D eigenvalue weighted by molar-refractivity contribution is -0.120. The van der Waals surface area contributed by atoms with Gasteiger partial charge in [0.25, 0.3) is 0 Å². The van der Waals surface area contributed by atoms with Gasteiger partial charge in [-0.15, -0.1) is 0 Å². The maximum Gasteiger partial charge on any atom is 0.237 e. The van der Waals surface area contributed by atoms with E-state index < -0.39 is 0 Å². The van der Waals surface area contributed by atoms with E-state index in [1.807, 2.05) is 0 Å². The maximum absolute atomic E-state index is 12.0. The van der Waals surface area contributed by atoms with Gasteiger partial charge in [0.15, 0.2) is 5.82 Å². The smallest absolute Gasteiger partial charge is 0.237 e. The van der Waals surface area contributed by atoms with Crippen LogP contribution in [0.25, 0.3) is 0 Å². The highest BCUT2D eigenvalue weighted by Crippen LogP contribution is 2.28. The maximum atomic E-state index is 12.0. The zero-order valence-electron chi connectivity index (χ0n) is 11.3. The van der Waals surface area contributed by atoms with Crippen LogP contribution in [0.15, 0.2) is 4.52 Å². The minimum absolute atomic E-state index is 0.146. The van der Waals surface area contributed by atoms with E-state index in [1.54, 1.807) is 0 Å². The van der Waals surface area contributed by atoms with Crippen molar-refractivity contribution in [1.82, 2.24) is 10.1 Å². The van der Waals surface area contributed by atoms with Gasteiger partial charge in [0.2, 0.25) is 5.89 Å². The standard InChI is InChI=1S/C14H22N2O2/c1-10(2)8-9-13-15-14(18-16-13)11-6-4-3-5-7-12(11)17/h10-11H,3-9H2,1-2H3. The quantitative estimate of drug-likeness (QED) is 0.769. The fraction of sp³-hybridized carbons (Fsp3) is 0.786. The molecule has 2 rings (SSSR count). The number of hydrogen-bond acceptors (Lipinski definition) is 4. The van der Waals surface area contributed by atoms with Crippen LogP contribution in [0.5, 0.6) is 0 Å². The number of carbonyl (C=O) groups is 1. The Hall–Kier alpha value is -1.19. The average Bonchev–Trinajstić information content (AvgIpc) is 2.69. The minimum atomic E-state index is -0.146. The van der Waals surface area contributed by atoms with Gasteiger partial charge in [0, 0.05) is 12.8 Å². The summed E-state index contributed by atoms with van der Waals surface area (Å²) in [5.41, 5.74) is 0. The van der Waals surface area contributed by atoms with Crippen LogP contribution in [0.1, 0.15) is 70.0 Å². The van der Waals surface area contributed by atoms with Crippen molar-refractivity contribution in [2.75, 3.05) is 0 Å². The van der Waals surface area contributed by atoms with E-state index in [0.717, 1.165) is 44.3 Å². The highest BCUT2D eigenvalue weighted by Gasteiger charge is 2.27. The Balaban J connectivity index is 2.01. The van der Waals surface area contributed by atoms with Crippen LogP contribution in [0.4, 0.5) is 0 Å². The summed E-state index contributed by atoms with van der Waals surface area (Å²) < 4.78 is 5.28. The average molecular weight is 250 g/mol. The molecule has 1 heterocycles. The van der Waals surface area contributed by atoms with Gasteiger partial charge in [-0.2, -0.15) is 4.98 Å². The van der Waals surface area contributed by atoms with Crippen molar-refractivity contribution < 1.29 is 9.32 Å². The molecule has 0 radical (unpaired) electrons. The first-order valence-corrected chi connectivity index (χ1v) is 7.02. The Morgan fingerprint density at radius 3 is 2.94 bits per heavy atom. The summed E-state index contributed by atoms with van der Waals surface area (Å²) >= 11 is 0. The largest absolute Gasteiger partial charge is 0.339 e. The number of aromatic nitrogens is 2. The summed E-state index contributed by atoms with van der Waals surface area (Å²) in [7, 11) is 0. The Labute approximate surface area is 108 Å². The number of aryl methyl sites for hydroxylation is 1.